The Bertz CT molecular complexity index is 292. The summed E-state index contributed by atoms with van der Waals surface area (Å²) in [7, 11) is 1.50. The summed E-state index contributed by atoms with van der Waals surface area (Å²) < 4.78 is 5.33. The van der Waals surface area contributed by atoms with Gasteiger partial charge in [0.05, 0.1) is 26.4 Å². The van der Waals surface area contributed by atoms with Gasteiger partial charge in [0, 0.05) is 11.6 Å². The summed E-state index contributed by atoms with van der Waals surface area (Å²) in [6, 6.07) is 7.40. The molecular weight excluding hydrogens is 230 g/mol. The van der Waals surface area contributed by atoms with Crippen molar-refractivity contribution in [3.63, 3.8) is 0 Å². The maximum atomic E-state index is 9.41. The zero-order chi connectivity index (χ0) is 11.8. The predicted molar refractivity (Wildman–Crippen MR) is 62.1 cm³/mol. The highest BCUT2D eigenvalue weighted by Crippen LogP contribution is 2.10. The Labute approximate surface area is 100 Å². The average molecular weight is 246 g/mol. The van der Waals surface area contributed by atoms with E-state index in [4.69, 9.17) is 16.3 Å². The largest absolute Gasteiger partial charge is 0.389 e. The molecule has 1 rings (SSSR count). The van der Waals surface area contributed by atoms with Crippen LogP contribution in [0.25, 0.3) is 0 Å². The van der Waals surface area contributed by atoms with Crippen LogP contribution in [0.4, 0.5) is 0 Å². The number of hydrogen-bond acceptors (Lipinski definition) is 4. The molecule has 0 aromatic heterocycles. The van der Waals surface area contributed by atoms with E-state index in [0.29, 0.717) is 18.2 Å². The SMILES string of the molecule is CONCC(O)COCc1ccc(Cl)cc1. The second-order valence-electron chi connectivity index (χ2n) is 3.35. The molecule has 0 saturated carbocycles. The predicted octanol–water partition coefficient (Wildman–Crippen LogP) is 1.37. The molecule has 0 fully saturated rings. The molecule has 0 aliphatic heterocycles. The fourth-order valence-electron chi connectivity index (χ4n) is 1.13. The van der Waals surface area contributed by atoms with Gasteiger partial charge in [-0.05, 0) is 17.7 Å². The lowest BCUT2D eigenvalue weighted by atomic mass is 10.2. The molecule has 90 valence electrons. The van der Waals surface area contributed by atoms with Crippen molar-refractivity contribution in [2.45, 2.75) is 12.7 Å². The Kier molecular flexibility index (Phi) is 6.37. The van der Waals surface area contributed by atoms with Crippen LogP contribution in [0.3, 0.4) is 0 Å². The standard InChI is InChI=1S/C11H16ClNO3/c1-15-13-6-11(14)8-16-7-9-2-4-10(12)5-3-9/h2-5,11,13-14H,6-8H2,1H3. The Hall–Kier alpha value is -0.650. The van der Waals surface area contributed by atoms with Crippen LogP contribution in [-0.2, 0) is 16.2 Å². The molecule has 0 aliphatic rings. The molecule has 1 aromatic rings. The van der Waals surface area contributed by atoms with Gasteiger partial charge in [0.2, 0.25) is 0 Å². The number of aliphatic hydroxyl groups is 1. The number of hydroxylamine groups is 1. The average Bonchev–Trinajstić information content (AvgIpc) is 2.29. The van der Waals surface area contributed by atoms with E-state index < -0.39 is 6.10 Å². The molecule has 0 aliphatic carbocycles. The molecule has 0 saturated heterocycles. The smallest absolute Gasteiger partial charge is 0.0921 e. The normalized spacial score (nSPS) is 12.7. The quantitative estimate of drug-likeness (QED) is 0.713. The number of halogens is 1. The van der Waals surface area contributed by atoms with Crippen molar-refractivity contribution in [1.29, 1.82) is 0 Å². The van der Waals surface area contributed by atoms with Crippen LogP contribution in [0.2, 0.25) is 5.02 Å². The zero-order valence-electron chi connectivity index (χ0n) is 9.15. The van der Waals surface area contributed by atoms with Gasteiger partial charge in [0.15, 0.2) is 0 Å². The maximum absolute atomic E-state index is 9.41. The monoisotopic (exact) mass is 245 g/mol. The Morgan fingerprint density at radius 1 is 1.38 bits per heavy atom. The first-order valence-corrected chi connectivity index (χ1v) is 5.36. The van der Waals surface area contributed by atoms with E-state index in [1.807, 2.05) is 24.3 Å². The molecular formula is C11H16ClNO3. The van der Waals surface area contributed by atoms with Gasteiger partial charge in [0.25, 0.3) is 0 Å². The van der Waals surface area contributed by atoms with Crippen LogP contribution in [0, 0.1) is 0 Å². The third-order valence-electron chi connectivity index (χ3n) is 1.96. The van der Waals surface area contributed by atoms with Gasteiger partial charge in [-0.15, -0.1) is 0 Å². The third-order valence-corrected chi connectivity index (χ3v) is 2.21. The molecule has 0 amide bonds. The van der Waals surface area contributed by atoms with E-state index in [9.17, 15) is 5.11 Å². The lowest BCUT2D eigenvalue weighted by Gasteiger charge is -2.11. The molecule has 1 unspecified atom stereocenters. The topological polar surface area (TPSA) is 50.7 Å². The second-order valence-corrected chi connectivity index (χ2v) is 3.78. The molecule has 5 heteroatoms. The first kappa shape index (κ1) is 13.4. The highest BCUT2D eigenvalue weighted by atomic mass is 35.5. The van der Waals surface area contributed by atoms with Crippen LogP contribution in [0.1, 0.15) is 5.56 Å². The molecule has 0 bridgehead atoms. The van der Waals surface area contributed by atoms with Crippen LogP contribution in [-0.4, -0.2) is 31.5 Å². The van der Waals surface area contributed by atoms with E-state index in [1.54, 1.807) is 0 Å². The van der Waals surface area contributed by atoms with Crippen molar-refractivity contribution >= 4 is 11.6 Å². The molecule has 0 radical (unpaired) electrons. The summed E-state index contributed by atoms with van der Waals surface area (Å²) in [5.74, 6) is 0. The Morgan fingerprint density at radius 2 is 2.06 bits per heavy atom. The van der Waals surface area contributed by atoms with Gasteiger partial charge in [-0.2, -0.15) is 0 Å². The minimum atomic E-state index is -0.577. The molecule has 2 N–H and O–H groups in total. The molecule has 16 heavy (non-hydrogen) atoms. The van der Waals surface area contributed by atoms with Gasteiger partial charge in [-0.3, -0.25) is 0 Å². The van der Waals surface area contributed by atoms with Crippen molar-refractivity contribution in [3.05, 3.63) is 34.9 Å². The second kappa shape index (κ2) is 7.60. The third kappa shape index (κ3) is 5.44. The summed E-state index contributed by atoms with van der Waals surface area (Å²) in [5.41, 5.74) is 3.58. The fourth-order valence-corrected chi connectivity index (χ4v) is 1.26. The number of ether oxygens (including phenoxy) is 1. The number of benzene rings is 1. The van der Waals surface area contributed by atoms with Crippen LogP contribution < -0.4 is 5.48 Å². The van der Waals surface area contributed by atoms with Crippen molar-refractivity contribution in [3.8, 4) is 0 Å². The zero-order valence-corrected chi connectivity index (χ0v) is 9.91. The minimum absolute atomic E-state index is 0.263. The number of nitrogens with one attached hydrogen (secondary N) is 1. The van der Waals surface area contributed by atoms with Crippen LogP contribution in [0.15, 0.2) is 24.3 Å². The van der Waals surface area contributed by atoms with E-state index in [2.05, 4.69) is 10.3 Å². The summed E-state index contributed by atoms with van der Waals surface area (Å²) in [5, 5.41) is 10.1. The Balaban J connectivity index is 2.17. The van der Waals surface area contributed by atoms with Gasteiger partial charge in [-0.1, -0.05) is 23.7 Å². The van der Waals surface area contributed by atoms with E-state index >= 15 is 0 Å². The molecule has 1 aromatic carbocycles. The first-order chi connectivity index (χ1) is 7.72. The van der Waals surface area contributed by atoms with Crippen LogP contribution >= 0.6 is 11.6 Å². The van der Waals surface area contributed by atoms with Crippen LogP contribution in [0.5, 0.6) is 0 Å². The van der Waals surface area contributed by atoms with E-state index in [0.717, 1.165) is 5.56 Å². The molecule has 4 nitrogen and oxygen atoms in total. The first-order valence-electron chi connectivity index (χ1n) is 4.98. The van der Waals surface area contributed by atoms with Gasteiger partial charge in [-0.25, -0.2) is 5.48 Å². The highest BCUT2D eigenvalue weighted by Gasteiger charge is 2.03. The lowest BCUT2D eigenvalue weighted by molar-refractivity contribution is -0.00269. The van der Waals surface area contributed by atoms with Gasteiger partial charge < -0.3 is 14.7 Å². The van der Waals surface area contributed by atoms with E-state index in [-0.39, 0.29) is 6.61 Å². The molecule has 0 spiro atoms. The van der Waals surface area contributed by atoms with Crippen molar-refractivity contribution in [1.82, 2.24) is 5.48 Å². The van der Waals surface area contributed by atoms with Crippen molar-refractivity contribution in [2.24, 2.45) is 0 Å². The molecule has 1 atom stereocenters. The van der Waals surface area contributed by atoms with Crippen molar-refractivity contribution in [2.75, 3.05) is 20.3 Å². The number of aliphatic hydroxyl groups excluding tert-OH is 1. The van der Waals surface area contributed by atoms with Crippen molar-refractivity contribution < 1.29 is 14.7 Å². The molecule has 0 heterocycles. The minimum Gasteiger partial charge on any atom is -0.389 e. The van der Waals surface area contributed by atoms with Gasteiger partial charge >= 0.3 is 0 Å². The summed E-state index contributed by atoms with van der Waals surface area (Å²) in [4.78, 5) is 4.61. The fraction of sp³-hybridized carbons (Fsp3) is 0.455. The number of hydrogen-bond donors (Lipinski definition) is 2. The summed E-state index contributed by atoms with van der Waals surface area (Å²) >= 11 is 5.75. The maximum Gasteiger partial charge on any atom is 0.0921 e. The van der Waals surface area contributed by atoms with Gasteiger partial charge in [0.1, 0.15) is 0 Å². The summed E-state index contributed by atoms with van der Waals surface area (Å²) in [6.45, 7) is 1.07. The highest BCUT2D eigenvalue weighted by molar-refractivity contribution is 6.30. The van der Waals surface area contributed by atoms with E-state index in [1.165, 1.54) is 7.11 Å². The lowest BCUT2D eigenvalue weighted by Crippen LogP contribution is -2.29. The summed E-state index contributed by atoms with van der Waals surface area (Å²) in [6.07, 6.45) is -0.577. The Morgan fingerprint density at radius 3 is 2.69 bits per heavy atom. The number of rotatable bonds is 7.